The van der Waals surface area contributed by atoms with Gasteiger partial charge in [-0.15, -0.1) is 0 Å². The fourth-order valence-corrected chi connectivity index (χ4v) is 6.33. The van der Waals surface area contributed by atoms with E-state index in [0.717, 1.165) is 0 Å². The molecule has 0 saturated carbocycles. The predicted molar refractivity (Wildman–Crippen MR) is 82.9 cm³/mol. The van der Waals surface area contributed by atoms with Crippen molar-refractivity contribution < 1.29 is 29.2 Å². The maximum Gasteiger partial charge on any atom is 0.337 e. The SMILES string of the molecule is CC1(C)O[C@H]2[C@H](O)[C@@H](O)COC(=O)[C@@]2([Si](C)(C)C(C)(C)C)O1. The van der Waals surface area contributed by atoms with E-state index in [2.05, 4.69) is 20.8 Å². The van der Waals surface area contributed by atoms with E-state index in [9.17, 15) is 15.0 Å². The van der Waals surface area contributed by atoms with Gasteiger partial charge < -0.3 is 24.4 Å². The van der Waals surface area contributed by atoms with Gasteiger partial charge in [-0.05, 0) is 18.9 Å². The lowest BCUT2D eigenvalue weighted by molar-refractivity contribution is -0.186. The molecule has 0 aliphatic carbocycles. The largest absolute Gasteiger partial charge is 0.461 e. The second kappa shape index (κ2) is 5.01. The van der Waals surface area contributed by atoms with Gasteiger partial charge in [-0.1, -0.05) is 33.9 Å². The van der Waals surface area contributed by atoms with Gasteiger partial charge in [-0.25, -0.2) is 4.79 Å². The number of carbonyl (C=O) groups is 1. The molecule has 0 aromatic carbocycles. The van der Waals surface area contributed by atoms with Gasteiger partial charge >= 0.3 is 5.97 Å². The summed E-state index contributed by atoms with van der Waals surface area (Å²) >= 11 is 0. The number of carbonyl (C=O) groups excluding carboxylic acids is 1. The molecule has 6 nitrogen and oxygen atoms in total. The van der Waals surface area contributed by atoms with Crippen LogP contribution in [-0.2, 0) is 19.0 Å². The highest BCUT2D eigenvalue weighted by molar-refractivity contribution is 6.86. The number of cyclic esters (lactones) is 1. The van der Waals surface area contributed by atoms with Crippen molar-refractivity contribution >= 4 is 14.0 Å². The minimum Gasteiger partial charge on any atom is -0.461 e. The molecular formula is C15H28O6Si. The summed E-state index contributed by atoms with van der Waals surface area (Å²) in [4.78, 5) is 12.9. The van der Waals surface area contributed by atoms with Gasteiger partial charge in [0.05, 0.1) is 0 Å². The molecule has 0 unspecified atom stereocenters. The standard InChI is InChI=1S/C15H28O6Si/c1-13(2,3)22(6,7)15-11(20-14(4,5)21-15)10(17)9(16)8-19-12(15)18/h9-11,16-17H,8H2,1-7H3/t9-,10+,11-,15+/m0/s1. The molecule has 2 aliphatic rings. The summed E-state index contributed by atoms with van der Waals surface area (Å²) in [5, 5.41) is 19.0. The highest BCUT2D eigenvalue weighted by atomic mass is 28.3. The van der Waals surface area contributed by atoms with E-state index in [4.69, 9.17) is 14.2 Å². The molecule has 2 aliphatic heterocycles. The first-order valence-electron chi connectivity index (χ1n) is 7.67. The third kappa shape index (κ3) is 2.34. The Hall–Kier alpha value is -0.473. The number of hydrogen-bond donors (Lipinski definition) is 2. The molecule has 0 radical (unpaired) electrons. The molecule has 0 aromatic rings. The second-order valence-corrected chi connectivity index (χ2v) is 13.8. The lowest BCUT2D eigenvalue weighted by Crippen LogP contribution is -2.71. The van der Waals surface area contributed by atoms with Crippen LogP contribution in [0.2, 0.25) is 18.1 Å². The van der Waals surface area contributed by atoms with Crippen molar-refractivity contribution in [3.63, 3.8) is 0 Å². The predicted octanol–water partition coefficient (Wildman–Crippen LogP) is 1.20. The molecule has 7 heteroatoms. The minimum absolute atomic E-state index is 0.205. The Labute approximate surface area is 132 Å². The van der Waals surface area contributed by atoms with Crippen molar-refractivity contribution in [1.29, 1.82) is 0 Å². The Morgan fingerprint density at radius 1 is 1.23 bits per heavy atom. The van der Waals surface area contributed by atoms with E-state index in [1.54, 1.807) is 13.8 Å². The molecule has 4 atom stereocenters. The van der Waals surface area contributed by atoms with Gasteiger partial charge in [0.2, 0.25) is 0 Å². The number of hydrogen-bond acceptors (Lipinski definition) is 6. The zero-order valence-corrected chi connectivity index (χ0v) is 15.5. The lowest BCUT2D eigenvalue weighted by atomic mass is 10.0. The molecule has 0 amide bonds. The molecule has 2 saturated heterocycles. The topological polar surface area (TPSA) is 85.2 Å². The van der Waals surface area contributed by atoms with E-state index in [1.807, 2.05) is 13.1 Å². The third-order valence-electron chi connectivity index (χ3n) is 5.41. The highest BCUT2D eigenvalue weighted by Gasteiger charge is 2.72. The molecule has 2 rings (SSSR count). The average Bonchev–Trinajstić information content (AvgIpc) is 2.62. The first kappa shape index (κ1) is 17.9. The summed E-state index contributed by atoms with van der Waals surface area (Å²) in [7, 11) is -2.50. The van der Waals surface area contributed by atoms with Crippen LogP contribution in [0.25, 0.3) is 0 Å². The van der Waals surface area contributed by atoms with E-state index in [1.165, 1.54) is 0 Å². The van der Waals surface area contributed by atoms with Gasteiger partial charge in [-0.3, -0.25) is 0 Å². The fraction of sp³-hybridized carbons (Fsp3) is 0.933. The summed E-state index contributed by atoms with van der Waals surface area (Å²) in [6, 6.07) is 0. The van der Waals surface area contributed by atoms with Gasteiger partial charge in [0.15, 0.2) is 11.0 Å². The van der Waals surface area contributed by atoms with Crippen LogP contribution in [0.5, 0.6) is 0 Å². The quantitative estimate of drug-likeness (QED) is 0.554. The highest BCUT2D eigenvalue weighted by Crippen LogP contribution is 2.53. The van der Waals surface area contributed by atoms with Gasteiger partial charge in [0.1, 0.15) is 33.0 Å². The number of esters is 1. The maximum absolute atomic E-state index is 12.9. The van der Waals surface area contributed by atoms with Gasteiger partial charge in [0.25, 0.3) is 0 Å². The van der Waals surface area contributed by atoms with Gasteiger partial charge in [-0.2, -0.15) is 0 Å². The van der Waals surface area contributed by atoms with E-state index in [-0.39, 0.29) is 11.6 Å². The van der Waals surface area contributed by atoms with Crippen LogP contribution >= 0.6 is 0 Å². The fourth-order valence-electron chi connectivity index (χ4n) is 3.19. The molecule has 2 fully saturated rings. The zero-order chi connectivity index (χ0) is 17.1. The van der Waals surface area contributed by atoms with Crippen LogP contribution in [-0.4, -0.2) is 60.2 Å². The summed E-state index contributed by atoms with van der Waals surface area (Å²) in [5.74, 6) is -1.57. The normalized spacial score (nSPS) is 39.1. The molecular weight excluding hydrogens is 304 g/mol. The van der Waals surface area contributed by atoms with Crippen LogP contribution in [0.3, 0.4) is 0 Å². The smallest absolute Gasteiger partial charge is 0.337 e. The Balaban J connectivity index is 2.66. The Morgan fingerprint density at radius 3 is 2.27 bits per heavy atom. The second-order valence-electron chi connectivity index (χ2n) is 8.31. The average molecular weight is 332 g/mol. The summed E-state index contributed by atoms with van der Waals surface area (Å²) in [6.07, 6.45) is -3.35. The third-order valence-corrected chi connectivity index (χ3v) is 11.6. The van der Waals surface area contributed by atoms with Gasteiger partial charge in [0, 0.05) is 0 Å². The number of aliphatic hydroxyl groups excluding tert-OH is 2. The van der Waals surface area contributed by atoms with E-state index in [0.29, 0.717) is 0 Å². The number of aliphatic hydroxyl groups is 2. The molecule has 0 spiro atoms. The van der Waals surface area contributed by atoms with Crippen molar-refractivity contribution in [1.82, 2.24) is 0 Å². The van der Waals surface area contributed by atoms with E-state index < -0.39 is 43.4 Å². The van der Waals surface area contributed by atoms with Crippen LogP contribution < -0.4 is 0 Å². The first-order valence-corrected chi connectivity index (χ1v) is 10.7. The number of rotatable bonds is 1. The molecule has 22 heavy (non-hydrogen) atoms. The van der Waals surface area contributed by atoms with Crippen LogP contribution in [0.1, 0.15) is 34.6 Å². The molecule has 2 N–H and O–H groups in total. The van der Waals surface area contributed by atoms with Crippen molar-refractivity contribution in [2.24, 2.45) is 0 Å². The molecule has 0 aromatic heterocycles. The summed E-state index contributed by atoms with van der Waals surface area (Å²) < 4.78 is 17.3. The summed E-state index contributed by atoms with van der Waals surface area (Å²) in [5.41, 5.74) is 0. The molecule has 128 valence electrons. The lowest BCUT2D eigenvalue weighted by Gasteiger charge is -2.49. The summed E-state index contributed by atoms with van der Waals surface area (Å²) in [6.45, 7) is 13.4. The number of ether oxygens (including phenoxy) is 3. The molecule has 2 heterocycles. The monoisotopic (exact) mass is 332 g/mol. The molecule has 0 bridgehead atoms. The maximum atomic E-state index is 12.9. The van der Waals surface area contributed by atoms with Crippen molar-refractivity contribution in [3.05, 3.63) is 0 Å². The van der Waals surface area contributed by atoms with Crippen molar-refractivity contribution in [2.45, 2.75) is 82.1 Å². The zero-order valence-electron chi connectivity index (χ0n) is 14.5. The minimum atomic E-state index is -2.50. The van der Waals surface area contributed by atoms with Crippen molar-refractivity contribution in [3.8, 4) is 0 Å². The number of fused-ring (bicyclic) bond motifs is 1. The van der Waals surface area contributed by atoms with Crippen LogP contribution in [0.4, 0.5) is 0 Å². The van der Waals surface area contributed by atoms with Crippen molar-refractivity contribution in [2.75, 3.05) is 6.61 Å². The Kier molecular flexibility index (Phi) is 4.07. The van der Waals surface area contributed by atoms with E-state index >= 15 is 0 Å². The Bertz CT molecular complexity index is 469. The Morgan fingerprint density at radius 2 is 1.77 bits per heavy atom. The van der Waals surface area contributed by atoms with Crippen LogP contribution in [0, 0.1) is 0 Å². The van der Waals surface area contributed by atoms with Crippen LogP contribution in [0.15, 0.2) is 0 Å². The first-order chi connectivity index (χ1) is 9.76.